The van der Waals surface area contributed by atoms with Crippen molar-refractivity contribution in [2.45, 2.75) is 50.2 Å². The number of ether oxygens (including phenoxy) is 1. The molecule has 732 valence electrons. The van der Waals surface area contributed by atoms with Crippen molar-refractivity contribution in [3.63, 3.8) is 0 Å². The second kappa shape index (κ2) is 38.8. The Hall–Kier alpha value is -20.0. The summed E-state index contributed by atoms with van der Waals surface area (Å²) in [5.41, 5.74) is 27.3. The highest BCUT2D eigenvalue weighted by Gasteiger charge is 2.50. The van der Waals surface area contributed by atoms with Gasteiger partial charge in [-0.05, 0) is 219 Å². The van der Waals surface area contributed by atoms with Crippen LogP contribution in [-0.2, 0) is 21.4 Å². The van der Waals surface area contributed by atoms with Gasteiger partial charge in [-0.1, -0.05) is 134 Å². The largest absolute Gasteiger partial charge is 0.463 e. The second-order valence-corrected chi connectivity index (χ2v) is 35.6. The van der Waals surface area contributed by atoms with E-state index in [4.69, 9.17) is 9.72 Å². The Morgan fingerprint density at radius 3 is 1.31 bits per heavy atom. The predicted molar refractivity (Wildman–Crippen MR) is 574 cm³/mol. The number of carbonyl (C=O) groups is 3. The van der Waals surface area contributed by atoms with Gasteiger partial charge in [0.15, 0.2) is 0 Å². The van der Waals surface area contributed by atoms with E-state index in [9.17, 15) is 43.8 Å². The quantitative estimate of drug-likeness (QED) is 0.0400. The van der Waals surface area contributed by atoms with Crippen molar-refractivity contribution in [2.24, 2.45) is 0 Å². The van der Waals surface area contributed by atoms with E-state index in [2.05, 4.69) is 161 Å². The van der Waals surface area contributed by atoms with Crippen molar-refractivity contribution in [3.8, 4) is 34.1 Å². The van der Waals surface area contributed by atoms with Crippen LogP contribution in [0.5, 0.6) is 0 Å². The molecule has 36 heteroatoms. The Morgan fingerprint density at radius 2 is 0.797 bits per heavy atom. The third-order valence-corrected chi connectivity index (χ3v) is 26.1. The van der Waals surface area contributed by atoms with Crippen LogP contribution in [0.1, 0.15) is 93.8 Å². The SMILES string of the molecule is C=C1Nc2ccc(-n3c(C(C)O)nc4ccccc43)cc2N1.C=C1Nc2ccc(-n3cnc4ccccc43)cc2N1.CNC(=O)CCc1nc2ccccc2n1-c1ccc2[nH]c(=O)[nH]c2c1.CNC(=O)c1ccc2c(c1)nc(C1(c3ccccc3)CC1)n2-c1ccc2[nH]c(=O)[nH]c2c1.COC(=O)c1nc2ccccc2n1-c1ccc2[nH]c(=O)[nH]c2c1.O=c1[nH]c2ccc(-n3c(C(O)c4ccccc4)nc4ccccc43)cc2[nH]1. The normalized spacial score (nSPS) is 13.0. The highest BCUT2D eigenvalue weighted by Crippen LogP contribution is 2.54. The standard InChI is InChI=1S/C25H21N5O2.C21H16N4O2.C18H17N5O2.C17H16N4O.C16H12N4O3.C15H12N4/c1-26-22(31)15-7-10-21-20(13-15)27-23(25(11-12-25)16-5-3-2-4-6-16)30(21)17-8-9-18-19(14-17)29-24(32)28-18;26-19(13-6-2-1-3-7-13)20-22-16-8-4-5-9-18(16)25(20)14-10-11-15-17(12-14)24-21(27)23-15;1-19-17(24)9-8-16-20-13-4-2-3-5-15(13)23(16)11-6-7-12-14(10-11)22-18(25)21-12;1-10(22)17-20-14-5-3-4-6-16(14)21(17)12-7-8-13-15(9-12)19-11(2)18-13;1-23-15(21)14-17-11-4-2-3-5-13(11)20(14)9-6-7-10-12(8-9)19-16(22)18-10;1-10-17-12-7-6-11(8-14(12)18-10)19-9-16-13-4-2-3-5-15(13)19/h2-10,13-14H,11-12H2,1H3,(H,26,31)(H2,28,29,32);1-12,19,26H,(H2,23,24,27);2-7,10H,8-9H2,1H3,(H,19,24)(H2,21,22,25);3-10,18-19,22H,2H2,1H3;2-8H,1H3,(H2,18,19,22);2-9,17-18H,1H2. The highest BCUT2D eigenvalue weighted by atomic mass is 16.5. The number of rotatable bonds is 16. The molecule has 24 aromatic rings. The van der Waals surface area contributed by atoms with Gasteiger partial charge in [-0.3, -0.25) is 37.0 Å². The Balaban J connectivity index is 0.000000101. The van der Waals surface area contributed by atoms with Gasteiger partial charge in [0.2, 0.25) is 11.7 Å². The number of aryl methyl sites for hydroxylation is 1. The lowest BCUT2D eigenvalue weighted by Crippen LogP contribution is -2.18. The summed E-state index contributed by atoms with van der Waals surface area (Å²) in [5, 5.41) is 39.1. The molecule has 2 unspecified atom stereocenters. The van der Waals surface area contributed by atoms with Gasteiger partial charge >= 0.3 is 28.7 Å². The third kappa shape index (κ3) is 18.0. The fourth-order valence-corrected chi connectivity index (χ4v) is 19.0. The lowest BCUT2D eigenvalue weighted by molar-refractivity contribution is -0.120. The smallest absolute Gasteiger partial charge is 0.374 e. The molecule has 1 fully saturated rings. The summed E-state index contributed by atoms with van der Waals surface area (Å²) < 4.78 is 16.7. The van der Waals surface area contributed by atoms with Crippen LogP contribution in [0.2, 0.25) is 0 Å². The number of imidazole rings is 10. The molecule has 148 heavy (non-hydrogen) atoms. The highest BCUT2D eigenvalue weighted by molar-refractivity contribution is 5.99. The van der Waals surface area contributed by atoms with Gasteiger partial charge in [0.1, 0.15) is 53.5 Å². The van der Waals surface area contributed by atoms with Crippen molar-refractivity contribution in [1.29, 1.82) is 0 Å². The summed E-state index contributed by atoms with van der Waals surface area (Å²) >= 11 is 0. The first-order chi connectivity index (χ1) is 72.1. The van der Waals surface area contributed by atoms with Crippen LogP contribution >= 0.6 is 0 Å². The van der Waals surface area contributed by atoms with E-state index < -0.39 is 18.2 Å². The fourth-order valence-electron chi connectivity index (χ4n) is 19.0. The van der Waals surface area contributed by atoms with E-state index in [1.54, 1.807) is 37.7 Å². The minimum Gasteiger partial charge on any atom is -0.463 e. The molecular formula is C112H94N26O10. The lowest BCUT2D eigenvalue weighted by Gasteiger charge is -2.18. The number of nitrogens with one attached hydrogen (secondary N) is 14. The van der Waals surface area contributed by atoms with E-state index in [1.165, 1.54) is 12.7 Å². The van der Waals surface area contributed by atoms with Crippen LogP contribution in [0.3, 0.4) is 0 Å². The van der Waals surface area contributed by atoms with Crippen LogP contribution < -0.4 is 54.7 Å². The van der Waals surface area contributed by atoms with E-state index >= 15 is 0 Å². The van der Waals surface area contributed by atoms with Crippen LogP contribution in [0.15, 0.2) is 360 Å². The molecule has 2 atom stereocenters. The number of fused-ring (bicyclic) bond motifs is 12. The number of hydrogen-bond acceptors (Lipinski definition) is 20. The Bertz CT molecular complexity index is 9600. The van der Waals surface area contributed by atoms with Gasteiger partial charge in [-0.25, -0.2) is 53.9 Å². The molecule has 2 amide bonds. The Kier molecular flexibility index (Phi) is 24.4. The summed E-state index contributed by atoms with van der Waals surface area (Å²) in [7, 11) is 4.57. The number of aliphatic hydroxyl groups is 2. The fraction of sp³-hybridized carbons (Fsp3) is 0.0982. The Labute approximate surface area is 838 Å². The van der Waals surface area contributed by atoms with Crippen molar-refractivity contribution in [3.05, 3.63) is 428 Å². The van der Waals surface area contributed by atoms with Gasteiger partial charge < -0.3 is 86.7 Å². The number of H-pyrrole nitrogens is 8. The molecule has 3 aliphatic rings. The van der Waals surface area contributed by atoms with Crippen LogP contribution in [-0.4, -0.2) is 146 Å². The third-order valence-electron chi connectivity index (χ3n) is 26.1. The molecule has 0 spiro atoms. The van der Waals surface area contributed by atoms with Gasteiger partial charge in [-0.15, -0.1) is 0 Å². The zero-order chi connectivity index (χ0) is 102. The average molecular weight is 1960 g/mol. The van der Waals surface area contributed by atoms with Gasteiger partial charge in [0, 0.05) is 60.9 Å². The van der Waals surface area contributed by atoms with Gasteiger partial charge in [0.05, 0.1) is 151 Å². The number of esters is 1. The van der Waals surface area contributed by atoms with Crippen LogP contribution in [0, 0.1) is 0 Å². The van der Waals surface area contributed by atoms with Crippen molar-refractivity contribution < 1.29 is 29.3 Å². The molecule has 0 bridgehead atoms. The Morgan fingerprint density at radius 1 is 0.392 bits per heavy atom. The van der Waals surface area contributed by atoms with Crippen molar-refractivity contribution >= 4 is 151 Å². The number of para-hydroxylation sites is 10. The predicted octanol–water partition coefficient (Wildman–Crippen LogP) is 17.5. The number of hydrogen-bond donors (Lipinski definition) is 16. The van der Waals surface area contributed by atoms with Gasteiger partial charge in [-0.2, -0.15) is 0 Å². The molecular weight excluding hydrogens is 1870 g/mol. The molecule has 1 saturated carbocycles. The van der Waals surface area contributed by atoms with Gasteiger partial charge in [0.25, 0.3) is 5.91 Å². The number of aromatic amines is 8. The number of aromatic nitrogens is 20. The first kappa shape index (κ1) is 93.0. The molecule has 2 aliphatic heterocycles. The maximum absolute atomic E-state index is 12.2. The van der Waals surface area contributed by atoms with Crippen molar-refractivity contribution in [2.75, 3.05) is 42.5 Å². The number of aliphatic hydroxyl groups excluding tert-OH is 2. The van der Waals surface area contributed by atoms with Crippen molar-refractivity contribution in [1.82, 2.24) is 108 Å². The minimum atomic E-state index is -0.875. The summed E-state index contributed by atoms with van der Waals surface area (Å²) in [6.45, 7) is 9.47. The summed E-state index contributed by atoms with van der Waals surface area (Å²) in [5.74, 6) is 3.98. The topological polar surface area (TPSA) is 475 Å². The zero-order valence-electron chi connectivity index (χ0n) is 79.9. The number of amides is 2. The maximum atomic E-state index is 12.2. The molecule has 16 N–H and O–H groups in total. The molecule has 0 radical (unpaired) electrons. The number of methoxy groups -OCH3 is 1. The number of anilines is 4. The molecule has 0 saturated heterocycles. The number of nitrogens with zero attached hydrogens (tertiary/aromatic N) is 12. The second-order valence-electron chi connectivity index (χ2n) is 35.6. The zero-order valence-corrected chi connectivity index (χ0v) is 79.9. The number of carbonyl (C=O) groups excluding carboxylic acids is 3. The maximum Gasteiger partial charge on any atom is 0.374 e. The van der Waals surface area contributed by atoms with E-state index in [-0.39, 0.29) is 45.8 Å². The van der Waals surface area contributed by atoms with E-state index in [0.717, 1.165) is 181 Å². The molecule has 1 aliphatic carbocycles. The lowest BCUT2D eigenvalue weighted by atomic mass is 9.95. The summed E-state index contributed by atoms with van der Waals surface area (Å²) in [6, 6.07) is 99.3. The molecule has 10 aromatic heterocycles. The summed E-state index contributed by atoms with van der Waals surface area (Å²) in [6.07, 6.45) is 3.22. The molecule has 14 aromatic carbocycles. The molecule has 27 rings (SSSR count). The van der Waals surface area contributed by atoms with E-state index in [0.29, 0.717) is 57.8 Å². The van der Waals surface area contributed by atoms with Crippen LogP contribution in [0.4, 0.5) is 22.7 Å². The van der Waals surface area contributed by atoms with Crippen LogP contribution in [0.25, 0.3) is 144 Å². The summed E-state index contributed by atoms with van der Waals surface area (Å²) in [4.78, 5) is 132. The minimum absolute atomic E-state index is 0.0241. The number of benzene rings is 14. The first-order valence-electron chi connectivity index (χ1n) is 47.5. The van der Waals surface area contributed by atoms with E-state index in [1.807, 2.05) is 275 Å². The average Bonchev–Trinajstić information content (AvgIpc) is 1.55. The molecule has 12 heterocycles. The monoisotopic (exact) mass is 1960 g/mol. The first-order valence-corrected chi connectivity index (χ1v) is 47.5. The molecule has 36 nitrogen and oxygen atoms in total.